The van der Waals surface area contributed by atoms with Gasteiger partial charge in [0.25, 0.3) is 5.69 Å². The molecule has 2 aromatic rings. The molecule has 0 unspecified atom stereocenters. The number of rotatable bonds is 11. The number of nitro benzene ring substituents is 1. The molecule has 0 aliphatic rings. The summed E-state index contributed by atoms with van der Waals surface area (Å²) in [7, 11) is 0. The zero-order valence-electron chi connectivity index (χ0n) is 17.1. The molecule has 0 atom stereocenters. The zero-order chi connectivity index (χ0) is 21.9. The first kappa shape index (κ1) is 22.8. The third-order valence-electron chi connectivity index (χ3n) is 4.09. The molecular weight excluding hydrogens is 386 g/mol. The fourth-order valence-electron chi connectivity index (χ4n) is 2.69. The number of carbonyl (C=O) groups excluding carboxylic acids is 2. The molecule has 0 fully saturated rings. The number of hydrogen-bond acceptors (Lipinski definition) is 6. The maximum Gasteiger partial charge on any atom is 0.306 e. The van der Waals surface area contributed by atoms with E-state index in [1.165, 1.54) is 18.2 Å². The molecule has 0 saturated carbocycles. The van der Waals surface area contributed by atoms with Gasteiger partial charge in [0.05, 0.1) is 17.6 Å². The number of esters is 1. The van der Waals surface area contributed by atoms with E-state index in [0.717, 1.165) is 5.56 Å². The van der Waals surface area contributed by atoms with Crippen LogP contribution >= 0.6 is 0 Å². The Bertz CT molecular complexity index is 919. The Morgan fingerprint density at radius 3 is 2.60 bits per heavy atom. The molecule has 0 aromatic heterocycles. The van der Waals surface area contributed by atoms with Crippen molar-refractivity contribution in [2.24, 2.45) is 0 Å². The molecule has 0 radical (unpaired) electrons. The number of para-hydroxylation sites is 1. The van der Waals surface area contributed by atoms with Crippen LogP contribution in [-0.2, 0) is 20.7 Å². The van der Waals surface area contributed by atoms with Gasteiger partial charge in [-0.1, -0.05) is 36.4 Å². The summed E-state index contributed by atoms with van der Waals surface area (Å²) in [5.74, 6) is 0.214. The molecule has 0 amide bonds. The van der Waals surface area contributed by atoms with Crippen molar-refractivity contribution in [3.8, 4) is 5.75 Å². The summed E-state index contributed by atoms with van der Waals surface area (Å²) in [6, 6.07) is 13.4. The van der Waals surface area contributed by atoms with Crippen LogP contribution in [0.5, 0.6) is 5.75 Å². The lowest BCUT2D eigenvalue weighted by Gasteiger charge is -2.11. The summed E-state index contributed by atoms with van der Waals surface area (Å²) >= 11 is 0. The predicted octanol–water partition coefficient (Wildman–Crippen LogP) is 4.53. The second-order valence-corrected chi connectivity index (χ2v) is 6.90. The van der Waals surface area contributed by atoms with Crippen molar-refractivity contribution in [3.63, 3.8) is 0 Å². The average Bonchev–Trinajstić information content (AvgIpc) is 2.71. The second kappa shape index (κ2) is 11.5. The van der Waals surface area contributed by atoms with Crippen LogP contribution in [0.15, 0.2) is 54.6 Å². The van der Waals surface area contributed by atoms with Crippen LogP contribution in [-0.4, -0.2) is 29.4 Å². The molecule has 2 rings (SSSR count). The Balaban J connectivity index is 1.85. The Morgan fingerprint density at radius 1 is 1.10 bits per heavy atom. The summed E-state index contributed by atoms with van der Waals surface area (Å²) in [4.78, 5) is 34.1. The maximum atomic E-state index is 12.1. The maximum absolute atomic E-state index is 12.1. The van der Waals surface area contributed by atoms with Gasteiger partial charge in [0.15, 0.2) is 5.78 Å². The molecule has 0 saturated heterocycles. The molecule has 158 valence electrons. The highest BCUT2D eigenvalue weighted by atomic mass is 16.6. The number of carbonyl (C=O) groups is 2. The van der Waals surface area contributed by atoms with Crippen molar-refractivity contribution in [1.82, 2.24) is 0 Å². The molecular formula is C23H25NO6. The van der Waals surface area contributed by atoms with Gasteiger partial charge in [-0.15, -0.1) is 0 Å². The van der Waals surface area contributed by atoms with Crippen LogP contribution in [0.25, 0.3) is 6.08 Å². The predicted molar refractivity (Wildman–Crippen MR) is 113 cm³/mol. The molecule has 0 spiro atoms. The first-order chi connectivity index (χ1) is 14.3. The number of nitro groups is 1. The summed E-state index contributed by atoms with van der Waals surface area (Å²) in [6.07, 6.45) is 3.69. The van der Waals surface area contributed by atoms with Crippen LogP contribution in [0, 0.1) is 10.1 Å². The van der Waals surface area contributed by atoms with Gasteiger partial charge in [0, 0.05) is 25.0 Å². The van der Waals surface area contributed by atoms with E-state index in [4.69, 9.17) is 9.47 Å². The number of hydrogen-bond donors (Lipinski definition) is 0. The van der Waals surface area contributed by atoms with Gasteiger partial charge >= 0.3 is 5.97 Å². The van der Waals surface area contributed by atoms with E-state index in [-0.39, 0.29) is 43.0 Å². The third-order valence-corrected chi connectivity index (χ3v) is 4.09. The average molecular weight is 411 g/mol. The van der Waals surface area contributed by atoms with Gasteiger partial charge in [-0.05, 0) is 43.5 Å². The largest absolute Gasteiger partial charge is 0.493 e. The van der Waals surface area contributed by atoms with Gasteiger partial charge in [0.2, 0.25) is 0 Å². The van der Waals surface area contributed by atoms with E-state index in [9.17, 15) is 19.7 Å². The fourth-order valence-corrected chi connectivity index (χ4v) is 2.69. The van der Waals surface area contributed by atoms with Crippen molar-refractivity contribution in [1.29, 1.82) is 0 Å². The summed E-state index contributed by atoms with van der Waals surface area (Å²) in [6.45, 7) is 3.80. The van der Waals surface area contributed by atoms with E-state index in [0.29, 0.717) is 17.7 Å². The quantitative estimate of drug-likeness (QED) is 0.233. The SMILES string of the molecule is CC(C)OC(=O)CCc1ccccc1OCCC(=O)C=Cc1cccc([N+](=O)[O-])c1. The Labute approximate surface area is 175 Å². The topological polar surface area (TPSA) is 95.7 Å². The minimum atomic E-state index is -0.479. The molecule has 7 heteroatoms. The normalized spacial score (nSPS) is 10.9. The number of ether oxygens (including phenoxy) is 2. The van der Waals surface area contributed by atoms with Gasteiger partial charge in [0.1, 0.15) is 5.75 Å². The lowest BCUT2D eigenvalue weighted by molar-refractivity contribution is -0.384. The summed E-state index contributed by atoms with van der Waals surface area (Å²) in [5, 5.41) is 10.8. The van der Waals surface area contributed by atoms with Gasteiger partial charge in [-0.3, -0.25) is 19.7 Å². The molecule has 0 N–H and O–H groups in total. The highest BCUT2D eigenvalue weighted by Crippen LogP contribution is 2.20. The van der Waals surface area contributed by atoms with E-state index in [1.54, 1.807) is 38.1 Å². The van der Waals surface area contributed by atoms with E-state index < -0.39 is 4.92 Å². The molecule has 0 heterocycles. The summed E-state index contributed by atoms with van der Waals surface area (Å²) in [5.41, 5.74) is 1.43. The van der Waals surface area contributed by atoms with Crippen LogP contribution in [0.4, 0.5) is 5.69 Å². The van der Waals surface area contributed by atoms with Crippen molar-refractivity contribution < 1.29 is 24.0 Å². The smallest absolute Gasteiger partial charge is 0.306 e. The van der Waals surface area contributed by atoms with Gasteiger partial charge in [-0.25, -0.2) is 0 Å². The van der Waals surface area contributed by atoms with E-state index in [1.807, 2.05) is 18.2 Å². The van der Waals surface area contributed by atoms with Crippen molar-refractivity contribution in [3.05, 3.63) is 75.8 Å². The number of allylic oxidation sites excluding steroid dienone is 1. The first-order valence-electron chi connectivity index (χ1n) is 9.70. The first-order valence-corrected chi connectivity index (χ1v) is 9.70. The Kier molecular flexibility index (Phi) is 8.75. The van der Waals surface area contributed by atoms with Crippen LogP contribution < -0.4 is 4.74 Å². The van der Waals surface area contributed by atoms with Gasteiger partial charge in [-0.2, -0.15) is 0 Å². The lowest BCUT2D eigenvalue weighted by Crippen LogP contribution is -2.12. The molecule has 0 aliphatic carbocycles. The monoisotopic (exact) mass is 411 g/mol. The molecule has 0 aliphatic heterocycles. The number of non-ortho nitro benzene ring substituents is 1. The summed E-state index contributed by atoms with van der Waals surface area (Å²) < 4.78 is 10.9. The van der Waals surface area contributed by atoms with Crippen LogP contribution in [0.1, 0.15) is 37.8 Å². The minimum Gasteiger partial charge on any atom is -0.493 e. The van der Waals surface area contributed by atoms with Crippen LogP contribution in [0.2, 0.25) is 0 Å². The Hall–Kier alpha value is -3.48. The molecule has 0 bridgehead atoms. The fraction of sp³-hybridized carbons (Fsp3) is 0.304. The van der Waals surface area contributed by atoms with E-state index >= 15 is 0 Å². The number of ketones is 1. The van der Waals surface area contributed by atoms with Gasteiger partial charge < -0.3 is 9.47 Å². The van der Waals surface area contributed by atoms with Crippen molar-refractivity contribution >= 4 is 23.5 Å². The number of aryl methyl sites for hydroxylation is 1. The molecule has 7 nitrogen and oxygen atoms in total. The lowest BCUT2D eigenvalue weighted by atomic mass is 10.1. The molecule has 2 aromatic carbocycles. The van der Waals surface area contributed by atoms with Crippen LogP contribution in [0.3, 0.4) is 0 Å². The van der Waals surface area contributed by atoms with E-state index in [2.05, 4.69) is 0 Å². The van der Waals surface area contributed by atoms with Crippen molar-refractivity contribution in [2.75, 3.05) is 6.61 Å². The van der Waals surface area contributed by atoms with Crippen molar-refractivity contribution in [2.45, 2.75) is 39.2 Å². The minimum absolute atomic E-state index is 0.0261. The number of nitrogens with zero attached hydrogens (tertiary/aromatic N) is 1. The zero-order valence-corrected chi connectivity index (χ0v) is 17.1. The highest BCUT2D eigenvalue weighted by Gasteiger charge is 2.10. The third kappa shape index (κ3) is 7.87. The molecule has 30 heavy (non-hydrogen) atoms. The second-order valence-electron chi connectivity index (χ2n) is 6.90. The number of benzene rings is 2. The Morgan fingerprint density at radius 2 is 1.87 bits per heavy atom. The standard InChI is InChI=1S/C23H25NO6/c1-17(2)30-23(26)13-11-19-7-3-4-9-22(19)29-15-14-21(25)12-10-18-6-5-8-20(16-18)24(27)28/h3-10,12,16-17H,11,13-15H2,1-2H3. The highest BCUT2D eigenvalue weighted by molar-refractivity contribution is 5.93.